The molecule has 0 spiro atoms. The molecule has 0 aliphatic heterocycles. The molecule has 0 atom stereocenters. The van der Waals surface area contributed by atoms with Gasteiger partial charge in [0.1, 0.15) is 0 Å². The maximum atomic E-state index is 12.4. The van der Waals surface area contributed by atoms with Gasteiger partial charge in [0.25, 0.3) is 0 Å². The van der Waals surface area contributed by atoms with Gasteiger partial charge in [-0.3, -0.25) is 4.79 Å². The first kappa shape index (κ1) is 14.3. The average molecular weight is 258 g/mol. The Hall–Kier alpha value is -1.78. The van der Waals surface area contributed by atoms with Gasteiger partial charge in [0.2, 0.25) is 0 Å². The van der Waals surface area contributed by atoms with Gasteiger partial charge in [-0.1, -0.05) is 30.4 Å². The average Bonchev–Trinajstić information content (AvgIpc) is 2.33. The number of carbonyl (C=O) groups excluding carboxylic acids is 1. The molecule has 0 bridgehead atoms. The van der Waals surface area contributed by atoms with Crippen LogP contribution in [0.5, 0.6) is 0 Å². The zero-order valence-electron chi connectivity index (χ0n) is 9.83. The van der Waals surface area contributed by atoms with E-state index in [0.29, 0.717) is 12.0 Å². The summed E-state index contributed by atoms with van der Waals surface area (Å²) in [5.41, 5.74) is -0.118. The van der Waals surface area contributed by atoms with Crippen LogP contribution >= 0.6 is 0 Å². The van der Waals surface area contributed by atoms with Crippen molar-refractivity contribution >= 4 is 5.97 Å². The van der Waals surface area contributed by atoms with E-state index in [4.69, 9.17) is 0 Å². The molecule has 0 unspecified atom stereocenters. The van der Waals surface area contributed by atoms with Crippen LogP contribution in [-0.2, 0) is 22.1 Å². The monoisotopic (exact) mass is 258 g/mol. The first-order valence-corrected chi connectivity index (χ1v) is 5.31. The summed E-state index contributed by atoms with van der Waals surface area (Å²) < 4.78 is 41.7. The van der Waals surface area contributed by atoms with E-state index in [0.717, 1.165) is 12.1 Å². The standard InChI is InChI=1S/C13H13F3O2/c1-18-12(17)8-3-2-5-10-6-4-7-11(9-10)13(14,15)16/h2-4,6-7,9H,5,8H2,1H3/b3-2-. The zero-order valence-corrected chi connectivity index (χ0v) is 9.83. The quantitative estimate of drug-likeness (QED) is 0.611. The van der Waals surface area contributed by atoms with E-state index in [2.05, 4.69) is 4.74 Å². The molecule has 0 saturated carbocycles. The Labute approximate surface area is 103 Å². The summed E-state index contributed by atoms with van der Waals surface area (Å²) in [5.74, 6) is -0.379. The van der Waals surface area contributed by atoms with Gasteiger partial charge in [0.05, 0.1) is 19.1 Å². The lowest BCUT2D eigenvalue weighted by Crippen LogP contribution is -2.05. The van der Waals surface area contributed by atoms with Gasteiger partial charge in [0.15, 0.2) is 0 Å². The number of benzene rings is 1. The second-order valence-corrected chi connectivity index (χ2v) is 3.65. The highest BCUT2D eigenvalue weighted by atomic mass is 19.4. The first-order chi connectivity index (χ1) is 8.43. The van der Waals surface area contributed by atoms with Crippen molar-refractivity contribution in [2.75, 3.05) is 7.11 Å². The number of hydrogen-bond donors (Lipinski definition) is 0. The predicted octanol–water partition coefficient (Wildman–Crippen LogP) is 3.37. The van der Waals surface area contributed by atoms with Crippen LogP contribution in [0.1, 0.15) is 17.5 Å². The molecule has 2 nitrogen and oxygen atoms in total. The van der Waals surface area contributed by atoms with Gasteiger partial charge in [0, 0.05) is 0 Å². The minimum atomic E-state index is -4.33. The molecular weight excluding hydrogens is 245 g/mol. The number of methoxy groups -OCH3 is 1. The molecule has 1 aromatic carbocycles. The molecule has 1 aromatic rings. The fourth-order valence-corrected chi connectivity index (χ4v) is 1.36. The van der Waals surface area contributed by atoms with Crippen molar-refractivity contribution in [2.24, 2.45) is 0 Å². The summed E-state index contributed by atoms with van der Waals surface area (Å²) in [6, 6.07) is 5.11. The molecule has 18 heavy (non-hydrogen) atoms. The van der Waals surface area contributed by atoms with Crippen LogP contribution in [0.15, 0.2) is 36.4 Å². The smallest absolute Gasteiger partial charge is 0.416 e. The number of alkyl halides is 3. The highest BCUT2D eigenvalue weighted by Crippen LogP contribution is 2.29. The molecule has 98 valence electrons. The third-order valence-corrected chi connectivity index (χ3v) is 2.29. The van der Waals surface area contributed by atoms with Crippen LogP contribution in [0.2, 0.25) is 0 Å². The molecule has 0 amide bonds. The lowest BCUT2D eigenvalue weighted by atomic mass is 10.1. The summed E-state index contributed by atoms with van der Waals surface area (Å²) in [7, 11) is 1.28. The van der Waals surface area contributed by atoms with Gasteiger partial charge in [-0.05, 0) is 18.1 Å². The van der Waals surface area contributed by atoms with E-state index >= 15 is 0 Å². The molecule has 0 aliphatic carbocycles. The van der Waals surface area contributed by atoms with E-state index in [1.165, 1.54) is 13.2 Å². The number of halogens is 3. The number of esters is 1. The Morgan fingerprint density at radius 2 is 2.06 bits per heavy atom. The molecular formula is C13H13F3O2. The summed E-state index contributed by atoms with van der Waals surface area (Å²) in [5, 5.41) is 0. The van der Waals surface area contributed by atoms with Crippen LogP contribution in [0, 0.1) is 0 Å². The van der Waals surface area contributed by atoms with Gasteiger partial charge in [-0.15, -0.1) is 0 Å². The van der Waals surface area contributed by atoms with Crippen molar-refractivity contribution in [1.82, 2.24) is 0 Å². The Bertz CT molecular complexity index is 436. The van der Waals surface area contributed by atoms with Crippen LogP contribution in [0.3, 0.4) is 0 Å². The van der Waals surface area contributed by atoms with Gasteiger partial charge in [-0.2, -0.15) is 13.2 Å². The van der Waals surface area contributed by atoms with E-state index < -0.39 is 11.7 Å². The molecule has 0 fully saturated rings. The number of allylic oxidation sites excluding steroid dienone is 1. The zero-order chi connectivity index (χ0) is 13.6. The van der Waals surface area contributed by atoms with E-state index in [1.54, 1.807) is 18.2 Å². The summed E-state index contributed by atoms with van der Waals surface area (Å²) in [4.78, 5) is 10.8. The normalized spacial score (nSPS) is 11.8. The lowest BCUT2D eigenvalue weighted by molar-refractivity contribution is -0.139. The van der Waals surface area contributed by atoms with Gasteiger partial charge >= 0.3 is 12.1 Å². The summed E-state index contributed by atoms with van der Waals surface area (Å²) >= 11 is 0. The number of rotatable bonds is 4. The fourth-order valence-electron chi connectivity index (χ4n) is 1.36. The number of carbonyl (C=O) groups is 1. The second-order valence-electron chi connectivity index (χ2n) is 3.65. The SMILES string of the molecule is COC(=O)C/C=C\Cc1cccc(C(F)(F)F)c1. The molecule has 0 N–H and O–H groups in total. The largest absolute Gasteiger partial charge is 0.469 e. The van der Waals surface area contributed by atoms with Crippen molar-refractivity contribution in [3.8, 4) is 0 Å². The highest BCUT2D eigenvalue weighted by Gasteiger charge is 2.30. The minimum Gasteiger partial charge on any atom is -0.469 e. The maximum absolute atomic E-state index is 12.4. The molecule has 0 aliphatic rings. The summed E-state index contributed by atoms with van der Waals surface area (Å²) in [6.45, 7) is 0. The van der Waals surface area contributed by atoms with Crippen LogP contribution < -0.4 is 0 Å². The van der Waals surface area contributed by atoms with Crippen LogP contribution in [-0.4, -0.2) is 13.1 Å². The molecule has 1 rings (SSSR count). The Kier molecular flexibility index (Phi) is 4.95. The van der Waals surface area contributed by atoms with E-state index in [1.807, 2.05) is 0 Å². The molecule has 0 aromatic heterocycles. The molecule has 0 saturated heterocycles. The van der Waals surface area contributed by atoms with Crippen molar-refractivity contribution in [3.63, 3.8) is 0 Å². The Balaban J connectivity index is 2.61. The van der Waals surface area contributed by atoms with Crippen molar-refractivity contribution in [3.05, 3.63) is 47.5 Å². The third kappa shape index (κ3) is 4.61. The first-order valence-electron chi connectivity index (χ1n) is 5.31. The van der Waals surface area contributed by atoms with Gasteiger partial charge in [-0.25, -0.2) is 0 Å². The Morgan fingerprint density at radius 1 is 1.33 bits per heavy atom. The van der Waals surface area contributed by atoms with E-state index in [-0.39, 0.29) is 12.4 Å². The second kappa shape index (κ2) is 6.23. The Morgan fingerprint density at radius 3 is 2.67 bits per heavy atom. The fraction of sp³-hybridized carbons (Fsp3) is 0.308. The molecule has 0 heterocycles. The number of ether oxygens (including phenoxy) is 1. The predicted molar refractivity (Wildman–Crippen MR) is 60.9 cm³/mol. The van der Waals surface area contributed by atoms with Crippen molar-refractivity contribution in [2.45, 2.75) is 19.0 Å². The van der Waals surface area contributed by atoms with Crippen LogP contribution in [0.4, 0.5) is 13.2 Å². The molecule has 5 heteroatoms. The number of hydrogen-bond acceptors (Lipinski definition) is 2. The van der Waals surface area contributed by atoms with Crippen molar-refractivity contribution in [1.29, 1.82) is 0 Å². The lowest BCUT2D eigenvalue weighted by Gasteiger charge is -2.07. The molecule has 0 radical (unpaired) electrons. The highest BCUT2D eigenvalue weighted by molar-refractivity contribution is 5.70. The minimum absolute atomic E-state index is 0.120. The van der Waals surface area contributed by atoms with Gasteiger partial charge < -0.3 is 4.74 Å². The topological polar surface area (TPSA) is 26.3 Å². The summed E-state index contributed by atoms with van der Waals surface area (Å²) in [6.07, 6.45) is -0.638. The van der Waals surface area contributed by atoms with Crippen LogP contribution in [0.25, 0.3) is 0 Å². The van der Waals surface area contributed by atoms with Crippen molar-refractivity contribution < 1.29 is 22.7 Å². The van der Waals surface area contributed by atoms with E-state index in [9.17, 15) is 18.0 Å². The third-order valence-electron chi connectivity index (χ3n) is 2.29. The maximum Gasteiger partial charge on any atom is 0.416 e.